The minimum Gasteiger partial charge on any atom is -0.497 e. The van der Waals surface area contributed by atoms with Gasteiger partial charge >= 0.3 is 0 Å². The molecule has 2 heterocycles. The highest BCUT2D eigenvalue weighted by atomic mass is 19.1. The number of amides is 1. The van der Waals surface area contributed by atoms with Crippen molar-refractivity contribution in [1.82, 2.24) is 4.98 Å². The van der Waals surface area contributed by atoms with Crippen molar-refractivity contribution in [2.75, 3.05) is 37.1 Å². The second kappa shape index (κ2) is 9.99. The first-order chi connectivity index (χ1) is 15.3. The third-order valence-electron chi connectivity index (χ3n) is 5.63. The van der Waals surface area contributed by atoms with Crippen LogP contribution in [0.2, 0.25) is 0 Å². The highest BCUT2D eigenvalue weighted by molar-refractivity contribution is 5.96. The van der Waals surface area contributed by atoms with Gasteiger partial charge in [0.25, 0.3) is 0 Å². The van der Waals surface area contributed by atoms with Gasteiger partial charge in [0, 0.05) is 50.0 Å². The number of ether oxygens (including phenoxy) is 1. The zero-order chi connectivity index (χ0) is 23.4. The van der Waals surface area contributed by atoms with Crippen molar-refractivity contribution >= 4 is 23.8 Å². The number of hydrogen-bond donors (Lipinski definition) is 1. The van der Waals surface area contributed by atoms with Gasteiger partial charge in [0.05, 0.1) is 19.8 Å². The largest absolute Gasteiger partial charge is 0.497 e. The van der Waals surface area contributed by atoms with E-state index in [2.05, 4.69) is 4.98 Å². The minimum absolute atomic E-state index is 0.0152. The van der Waals surface area contributed by atoms with E-state index in [0.29, 0.717) is 6.42 Å². The fraction of sp³-hybridized carbons (Fsp3) is 0.409. The fourth-order valence-corrected chi connectivity index (χ4v) is 3.84. The normalized spacial score (nSPS) is 16.9. The maximum absolute atomic E-state index is 14.6. The Bertz CT molecular complexity index is 981. The molecule has 0 saturated carbocycles. The van der Waals surface area contributed by atoms with Crippen LogP contribution in [-0.2, 0) is 9.59 Å². The van der Waals surface area contributed by atoms with Gasteiger partial charge in [-0.2, -0.15) is 0 Å². The van der Waals surface area contributed by atoms with Crippen molar-refractivity contribution < 1.29 is 32.6 Å². The van der Waals surface area contributed by atoms with E-state index in [0.717, 1.165) is 29.4 Å². The van der Waals surface area contributed by atoms with Gasteiger partial charge in [-0.15, -0.1) is 0 Å². The van der Waals surface area contributed by atoms with Crippen molar-refractivity contribution in [2.45, 2.75) is 31.2 Å². The molecule has 0 aliphatic carbocycles. The van der Waals surface area contributed by atoms with Crippen LogP contribution in [0, 0.1) is 17.5 Å². The molecule has 3 rings (SSSR count). The van der Waals surface area contributed by atoms with Crippen LogP contribution in [0.15, 0.2) is 24.3 Å². The summed E-state index contributed by atoms with van der Waals surface area (Å²) < 4.78 is 48.4. The van der Waals surface area contributed by atoms with E-state index >= 15 is 0 Å². The number of carbonyl (C=O) groups is 2. The Morgan fingerprint density at radius 1 is 1.28 bits per heavy atom. The highest BCUT2D eigenvalue weighted by Gasteiger charge is 2.37. The zero-order valence-corrected chi connectivity index (χ0v) is 17.7. The molecule has 1 aliphatic heterocycles. The maximum Gasteiger partial charge on any atom is 0.228 e. The Labute approximate surface area is 183 Å². The summed E-state index contributed by atoms with van der Waals surface area (Å²) in [5.41, 5.74) is -0.260. The SMILES string of the molecule is COc1cc(F)c(C2CC(=O)N(c3nc(N(C)C(CO)CCC=O)ccc3F)C2)c(F)c1. The van der Waals surface area contributed by atoms with E-state index in [-0.39, 0.29) is 48.9 Å². The summed E-state index contributed by atoms with van der Waals surface area (Å²) in [5, 5.41) is 9.61. The van der Waals surface area contributed by atoms with Gasteiger partial charge in [-0.3, -0.25) is 9.69 Å². The van der Waals surface area contributed by atoms with Crippen LogP contribution in [0.5, 0.6) is 5.75 Å². The van der Waals surface area contributed by atoms with Crippen LogP contribution in [0.1, 0.15) is 30.7 Å². The molecular formula is C22H24F3N3O4. The Morgan fingerprint density at radius 2 is 1.97 bits per heavy atom. The molecule has 7 nitrogen and oxygen atoms in total. The molecule has 0 bridgehead atoms. The van der Waals surface area contributed by atoms with E-state index in [1.165, 1.54) is 13.2 Å². The highest BCUT2D eigenvalue weighted by Crippen LogP contribution is 2.36. The number of aliphatic hydroxyl groups is 1. The average Bonchev–Trinajstić information content (AvgIpc) is 3.14. The van der Waals surface area contributed by atoms with Crippen LogP contribution in [-0.4, -0.2) is 55.6 Å². The van der Waals surface area contributed by atoms with Crippen molar-refractivity contribution in [3.05, 3.63) is 47.3 Å². The first kappa shape index (κ1) is 23.5. The lowest BCUT2D eigenvalue weighted by molar-refractivity contribution is -0.117. The molecular weight excluding hydrogens is 427 g/mol. The summed E-state index contributed by atoms with van der Waals surface area (Å²) in [6, 6.07) is 4.17. The number of carbonyl (C=O) groups excluding carboxylic acids is 2. The van der Waals surface area contributed by atoms with Crippen LogP contribution < -0.4 is 14.5 Å². The first-order valence-electron chi connectivity index (χ1n) is 10.1. The average molecular weight is 451 g/mol. The summed E-state index contributed by atoms with van der Waals surface area (Å²) in [7, 11) is 2.92. The molecule has 1 saturated heterocycles. The molecule has 1 aromatic carbocycles. The number of pyridine rings is 1. The number of aliphatic hydroxyl groups excluding tert-OH is 1. The molecule has 2 aromatic rings. The molecule has 0 spiro atoms. The van der Waals surface area contributed by atoms with Gasteiger partial charge in [-0.25, -0.2) is 18.2 Å². The summed E-state index contributed by atoms with van der Waals surface area (Å²) in [6.45, 7) is -0.399. The van der Waals surface area contributed by atoms with Crippen molar-refractivity contribution in [2.24, 2.45) is 0 Å². The van der Waals surface area contributed by atoms with Gasteiger partial charge in [-0.05, 0) is 18.6 Å². The predicted molar refractivity (Wildman–Crippen MR) is 111 cm³/mol. The van der Waals surface area contributed by atoms with Crippen molar-refractivity contribution in [3.63, 3.8) is 0 Å². The summed E-state index contributed by atoms with van der Waals surface area (Å²) >= 11 is 0. The van der Waals surface area contributed by atoms with E-state index in [1.807, 2.05) is 0 Å². The molecule has 0 radical (unpaired) electrons. The number of methoxy groups -OCH3 is 1. The Morgan fingerprint density at radius 3 is 2.56 bits per heavy atom. The summed E-state index contributed by atoms with van der Waals surface area (Å²) in [5.74, 6) is -3.76. The van der Waals surface area contributed by atoms with Crippen LogP contribution in [0.25, 0.3) is 0 Å². The van der Waals surface area contributed by atoms with Crippen LogP contribution >= 0.6 is 0 Å². The molecule has 1 aromatic heterocycles. The standard InChI is InChI=1S/C22H24F3N3O4/c1-27(14(12-30)4-3-7-29)19-6-5-16(23)22(26-19)28-11-13(8-20(28)31)21-17(24)9-15(32-2)10-18(21)25/h5-7,9-10,13-14,30H,3-4,8,11-12H2,1-2H3. The van der Waals surface area contributed by atoms with Gasteiger partial charge in [0.1, 0.15) is 29.5 Å². The third kappa shape index (κ3) is 4.69. The summed E-state index contributed by atoms with van der Waals surface area (Å²) in [6.07, 6.45) is 1.13. The lowest BCUT2D eigenvalue weighted by Crippen LogP contribution is -2.36. The van der Waals surface area contributed by atoms with Crippen molar-refractivity contribution in [3.8, 4) is 5.75 Å². The second-order valence-electron chi connectivity index (χ2n) is 7.58. The molecule has 1 fully saturated rings. The quantitative estimate of drug-likeness (QED) is 0.591. The van der Waals surface area contributed by atoms with E-state index in [1.54, 1.807) is 11.9 Å². The topological polar surface area (TPSA) is 83.0 Å². The van der Waals surface area contributed by atoms with E-state index in [4.69, 9.17) is 4.74 Å². The number of likely N-dealkylation sites (N-methyl/N-ethyl adjacent to an activating group) is 1. The van der Waals surface area contributed by atoms with Gasteiger partial charge < -0.3 is 19.5 Å². The third-order valence-corrected chi connectivity index (χ3v) is 5.63. The molecule has 2 atom stereocenters. The molecule has 1 aliphatic rings. The smallest absolute Gasteiger partial charge is 0.228 e. The fourth-order valence-electron chi connectivity index (χ4n) is 3.84. The molecule has 172 valence electrons. The minimum atomic E-state index is -0.843. The van der Waals surface area contributed by atoms with E-state index in [9.17, 15) is 27.9 Å². The lowest BCUT2D eigenvalue weighted by atomic mass is 9.97. The van der Waals surface area contributed by atoms with Gasteiger partial charge in [0.15, 0.2) is 11.6 Å². The number of anilines is 2. The lowest BCUT2D eigenvalue weighted by Gasteiger charge is -2.28. The molecule has 1 N–H and O–H groups in total. The molecule has 2 unspecified atom stereocenters. The Hall–Kier alpha value is -3.14. The molecule has 1 amide bonds. The second-order valence-corrected chi connectivity index (χ2v) is 7.58. The number of nitrogens with zero attached hydrogens (tertiary/aromatic N) is 3. The zero-order valence-electron chi connectivity index (χ0n) is 17.7. The van der Waals surface area contributed by atoms with E-state index < -0.39 is 35.3 Å². The number of aldehydes is 1. The Balaban J connectivity index is 1.88. The van der Waals surface area contributed by atoms with Gasteiger partial charge in [-0.1, -0.05) is 0 Å². The van der Waals surface area contributed by atoms with Gasteiger partial charge in [0.2, 0.25) is 5.91 Å². The number of rotatable bonds is 9. The van der Waals surface area contributed by atoms with Crippen LogP contribution in [0.3, 0.4) is 0 Å². The number of hydrogen-bond acceptors (Lipinski definition) is 6. The molecule has 10 heteroatoms. The van der Waals surface area contributed by atoms with Crippen molar-refractivity contribution in [1.29, 1.82) is 0 Å². The summed E-state index contributed by atoms with van der Waals surface area (Å²) in [4.78, 5) is 30.2. The molecule has 32 heavy (non-hydrogen) atoms. The predicted octanol–water partition coefficient (Wildman–Crippen LogP) is 2.80. The monoisotopic (exact) mass is 451 g/mol. The maximum atomic E-state index is 14.6. The van der Waals surface area contributed by atoms with Crippen LogP contribution in [0.4, 0.5) is 24.8 Å². The number of aromatic nitrogens is 1. The first-order valence-corrected chi connectivity index (χ1v) is 10.1. The number of benzene rings is 1. The Kier molecular flexibility index (Phi) is 7.34. The number of halogens is 3.